The summed E-state index contributed by atoms with van der Waals surface area (Å²) in [5.41, 5.74) is 10.3. The fraction of sp³-hybridized carbons (Fsp3) is 0. The Hall–Kier alpha value is -2.01. The smallest absolute Gasteiger partial charge is 0.368 e. The minimum absolute atomic E-state index is 0.138. The van der Waals surface area contributed by atoms with Crippen molar-refractivity contribution < 1.29 is 17.8 Å². The van der Waals surface area contributed by atoms with Crippen molar-refractivity contribution in [3.8, 4) is 0 Å². The molecule has 0 saturated carbocycles. The third-order valence-electron chi connectivity index (χ3n) is 1.20. The molecule has 11 heteroatoms. The van der Waals surface area contributed by atoms with Crippen molar-refractivity contribution in [1.82, 2.24) is 15.0 Å². The first kappa shape index (κ1) is 11.1. The van der Waals surface area contributed by atoms with Crippen LogP contribution < -0.4 is 15.8 Å². The minimum Gasteiger partial charge on any atom is -0.368 e. The summed E-state index contributed by atoms with van der Waals surface area (Å²) in [5.74, 6) is -1.45. The van der Waals surface area contributed by atoms with Crippen molar-refractivity contribution in [2.45, 2.75) is 0 Å². The minimum atomic E-state index is -4.80. The number of nitrogens with two attached hydrogens (primary N) is 2. The van der Waals surface area contributed by atoms with Crippen LogP contribution in [-0.2, 0) is 15.1 Å². The Bertz CT molecular complexity index is 466. The monoisotopic (exact) mass is 234 g/mol. The van der Waals surface area contributed by atoms with E-state index < -0.39 is 16.3 Å². The molecule has 1 rings (SSSR count). The molecule has 0 bridgehead atoms. The summed E-state index contributed by atoms with van der Waals surface area (Å²) in [7, 11) is -4.80. The third-order valence-corrected chi connectivity index (χ3v) is 1.95. The van der Waals surface area contributed by atoms with Crippen LogP contribution in [0.5, 0.6) is 0 Å². The van der Waals surface area contributed by atoms with Crippen LogP contribution in [0.3, 0.4) is 0 Å². The maximum Gasteiger partial charge on any atom is 0.368 e. The second kappa shape index (κ2) is 3.62. The van der Waals surface area contributed by atoms with Gasteiger partial charge in [-0.25, -0.2) is 0 Å². The number of hydrogen-bond acceptors (Lipinski definition) is 8. The lowest BCUT2D eigenvalue weighted by Crippen LogP contribution is -2.31. The molecular weight excluding hydrogens is 228 g/mol. The van der Waals surface area contributed by atoms with Crippen LogP contribution >= 0.6 is 0 Å². The van der Waals surface area contributed by atoms with Crippen molar-refractivity contribution >= 4 is 34.6 Å². The SMILES string of the molecule is Nc1nc(N)nc(N(C=O)S(=O)(=O)O)n1. The molecule has 0 aliphatic heterocycles. The van der Waals surface area contributed by atoms with Gasteiger partial charge < -0.3 is 11.5 Å². The van der Waals surface area contributed by atoms with Crippen molar-refractivity contribution in [2.75, 3.05) is 15.8 Å². The molecule has 0 aliphatic rings. The molecule has 0 unspecified atom stereocenters. The lowest BCUT2D eigenvalue weighted by Gasteiger charge is -2.10. The zero-order chi connectivity index (χ0) is 11.6. The van der Waals surface area contributed by atoms with Crippen LogP contribution in [0.15, 0.2) is 0 Å². The summed E-state index contributed by atoms with van der Waals surface area (Å²) >= 11 is 0. The largest absolute Gasteiger partial charge is 0.368 e. The number of nitrogens with zero attached hydrogens (tertiary/aromatic N) is 4. The Kier molecular flexibility index (Phi) is 2.67. The Balaban J connectivity index is 3.31. The third kappa shape index (κ3) is 2.47. The van der Waals surface area contributed by atoms with Gasteiger partial charge in [-0.1, -0.05) is 0 Å². The lowest BCUT2D eigenvalue weighted by molar-refractivity contribution is -0.106. The highest BCUT2D eigenvalue weighted by atomic mass is 32.2. The van der Waals surface area contributed by atoms with Crippen LogP contribution in [0, 0.1) is 0 Å². The molecule has 0 radical (unpaired) electrons. The zero-order valence-corrected chi connectivity index (χ0v) is 7.92. The molecule has 82 valence electrons. The molecule has 10 nitrogen and oxygen atoms in total. The number of aromatic nitrogens is 3. The average molecular weight is 234 g/mol. The van der Waals surface area contributed by atoms with Gasteiger partial charge in [0.2, 0.25) is 18.3 Å². The van der Waals surface area contributed by atoms with Gasteiger partial charge in [0.05, 0.1) is 0 Å². The Morgan fingerprint density at radius 1 is 1.20 bits per heavy atom. The number of carbonyl (C=O) groups is 1. The first-order valence-corrected chi connectivity index (χ1v) is 4.73. The predicted octanol–water partition coefficient (Wildman–Crippen LogP) is -2.20. The molecule has 0 fully saturated rings. The van der Waals surface area contributed by atoms with E-state index >= 15 is 0 Å². The van der Waals surface area contributed by atoms with E-state index in [9.17, 15) is 13.2 Å². The Morgan fingerprint density at radius 2 is 1.67 bits per heavy atom. The van der Waals surface area contributed by atoms with E-state index in [0.717, 1.165) is 0 Å². The molecule has 0 spiro atoms. The Labute approximate surface area is 83.8 Å². The fourth-order valence-corrected chi connectivity index (χ4v) is 1.10. The van der Waals surface area contributed by atoms with Gasteiger partial charge in [-0.2, -0.15) is 27.7 Å². The van der Waals surface area contributed by atoms with Crippen molar-refractivity contribution in [1.29, 1.82) is 0 Å². The van der Waals surface area contributed by atoms with E-state index in [-0.39, 0.29) is 22.6 Å². The van der Waals surface area contributed by atoms with Crippen LogP contribution in [0.1, 0.15) is 0 Å². The highest BCUT2D eigenvalue weighted by Gasteiger charge is 2.22. The van der Waals surface area contributed by atoms with Crippen LogP contribution in [-0.4, -0.2) is 34.3 Å². The average Bonchev–Trinajstić information content (AvgIpc) is 1.99. The van der Waals surface area contributed by atoms with Gasteiger partial charge in [0.25, 0.3) is 5.95 Å². The number of rotatable bonds is 3. The number of hydrogen-bond donors (Lipinski definition) is 3. The van der Waals surface area contributed by atoms with Gasteiger partial charge in [0.15, 0.2) is 0 Å². The number of carbonyl (C=O) groups excluding carboxylic acids is 1. The molecule has 1 aromatic heterocycles. The molecule has 15 heavy (non-hydrogen) atoms. The van der Waals surface area contributed by atoms with Gasteiger partial charge in [0, 0.05) is 0 Å². The van der Waals surface area contributed by atoms with E-state index in [0.29, 0.717) is 0 Å². The number of nitrogen functional groups attached to an aromatic ring is 2. The first-order chi connectivity index (χ1) is 6.84. The van der Waals surface area contributed by atoms with Crippen LogP contribution in [0.25, 0.3) is 0 Å². The van der Waals surface area contributed by atoms with E-state index in [1.54, 1.807) is 0 Å². The van der Waals surface area contributed by atoms with Crippen molar-refractivity contribution in [3.05, 3.63) is 0 Å². The highest BCUT2D eigenvalue weighted by Crippen LogP contribution is 2.11. The van der Waals surface area contributed by atoms with Crippen molar-refractivity contribution in [2.24, 2.45) is 0 Å². The van der Waals surface area contributed by atoms with Crippen LogP contribution in [0.4, 0.5) is 17.8 Å². The fourth-order valence-electron chi connectivity index (χ4n) is 0.701. The molecular formula is C4H6N6O4S. The summed E-state index contributed by atoms with van der Waals surface area (Å²) in [6.45, 7) is 0. The normalized spacial score (nSPS) is 11.0. The molecule has 1 heterocycles. The second-order valence-electron chi connectivity index (χ2n) is 2.23. The molecule has 1 amide bonds. The molecule has 0 saturated heterocycles. The summed E-state index contributed by atoms with van der Waals surface area (Å²) in [6.07, 6.45) is -0.205. The van der Waals surface area contributed by atoms with Gasteiger partial charge in [0.1, 0.15) is 0 Å². The highest BCUT2D eigenvalue weighted by molar-refractivity contribution is 7.87. The van der Waals surface area contributed by atoms with Gasteiger partial charge in [-0.3, -0.25) is 9.35 Å². The maximum atomic E-state index is 10.7. The van der Waals surface area contributed by atoms with Gasteiger partial charge >= 0.3 is 10.3 Å². The summed E-state index contributed by atoms with van der Waals surface area (Å²) in [4.78, 5) is 20.3. The summed E-state index contributed by atoms with van der Waals surface area (Å²) in [5, 5.41) is 0. The van der Waals surface area contributed by atoms with Gasteiger partial charge in [-0.05, 0) is 0 Å². The molecule has 0 atom stereocenters. The van der Waals surface area contributed by atoms with Gasteiger partial charge in [-0.15, -0.1) is 0 Å². The van der Waals surface area contributed by atoms with E-state index in [1.807, 2.05) is 0 Å². The van der Waals surface area contributed by atoms with Crippen molar-refractivity contribution in [3.63, 3.8) is 0 Å². The number of amides is 1. The molecule has 0 aliphatic carbocycles. The van der Waals surface area contributed by atoms with E-state index in [4.69, 9.17) is 16.0 Å². The summed E-state index contributed by atoms with van der Waals surface area (Å²) < 4.78 is 29.8. The second-order valence-corrected chi connectivity index (χ2v) is 3.52. The lowest BCUT2D eigenvalue weighted by atomic mass is 10.8. The number of anilines is 3. The van der Waals surface area contributed by atoms with E-state index in [2.05, 4.69) is 15.0 Å². The zero-order valence-electron chi connectivity index (χ0n) is 7.10. The maximum absolute atomic E-state index is 10.7. The molecule has 1 aromatic rings. The first-order valence-electron chi connectivity index (χ1n) is 3.33. The Morgan fingerprint density at radius 3 is 2.00 bits per heavy atom. The summed E-state index contributed by atoms with van der Waals surface area (Å²) in [6, 6.07) is 0. The van der Waals surface area contributed by atoms with Crippen LogP contribution in [0.2, 0.25) is 0 Å². The quantitative estimate of drug-likeness (QED) is 0.388. The standard InChI is InChI=1S/C4H6N6O4S/c5-2-7-3(6)9-4(8-2)10(1-11)15(12,13)14/h1H,(H,12,13,14)(H4,5,6,7,8,9). The predicted molar refractivity (Wildman–Crippen MR) is 48.7 cm³/mol. The van der Waals surface area contributed by atoms with E-state index in [1.165, 1.54) is 0 Å². The molecule has 5 N–H and O–H groups in total. The topological polar surface area (TPSA) is 165 Å². The molecule has 0 aromatic carbocycles.